The van der Waals surface area contributed by atoms with Crippen molar-refractivity contribution < 1.29 is 4.42 Å². The molecule has 0 radical (unpaired) electrons. The minimum absolute atomic E-state index is 0.613. The van der Waals surface area contributed by atoms with Gasteiger partial charge in [-0.15, -0.1) is 0 Å². The molecule has 0 atom stereocenters. The summed E-state index contributed by atoms with van der Waals surface area (Å²) in [7, 11) is 0. The molecular formula is C58H36N4O. The Balaban J connectivity index is 1.000. The fourth-order valence-electron chi connectivity index (χ4n) is 8.91. The van der Waals surface area contributed by atoms with Gasteiger partial charge in [-0.05, 0) is 58.1 Å². The molecule has 0 saturated heterocycles. The SMILES string of the molecule is c1ccc(-c2cccc(-c3nc(-c4ccccc4)nc(-c4cccc(-c5ccc(-c6c7c(cc8c(-c9ccccc9)nc9ccccc9c68)oc6ccccc67)cc5)c4)n3)c2)cc1. The zero-order valence-electron chi connectivity index (χ0n) is 34.0. The number of hydrogen-bond donors (Lipinski definition) is 0. The van der Waals surface area contributed by atoms with E-state index in [1.807, 2.05) is 48.5 Å². The summed E-state index contributed by atoms with van der Waals surface area (Å²) >= 11 is 0. The van der Waals surface area contributed by atoms with E-state index in [9.17, 15) is 0 Å². The summed E-state index contributed by atoms with van der Waals surface area (Å²) in [6, 6.07) is 75.7. The highest BCUT2D eigenvalue weighted by molar-refractivity contribution is 6.27. The molecule has 0 fully saturated rings. The quantitative estimate of drug-likeness (QED) is 0.150. The first-order chi connectivity index (χ1) is 31.2. The van der Waals surface area contributed by atoms with E-state index in [-0.39, 0.29) is 0 Å². The Morgan fingerprint density at radius 1 is 0.270 bits per heavy atom. The molecule has 0 saturated carbocycles. The largest absolute Gasteiger partial charge is 0.456 e. The van der Waals surface area contributed by atoms with Crippen LogP contribution in [0.1, 0.15) is 0 Å². The summed E-state index contributed by atoms with van der Waals surface area (Å²) in [5, 5.41) is 5.49. The molecule has 0 amide bonds. The highest BCUT2D eigenvalue weighted by atomic mass is 16.3. The topological polar surface area (TPSA) is 64.7 Å². The number of benzene rings is 9. The molecule has 0 unspecified atom stereocenters. The van der Waals surface area contributed by atoms with Crippen molar-refractivity contribution in [3.8, 4) is 78.8 Å². The van der Waals surface area contributed by atoms with E-state index in [0.29, 0.717) is 17.5 Å². The number of fused-ring (bicyclic) bond motifs is 6. The molecule has 63 heavy (non-hydrogen) atoms. The second kappa shape index (κ2) is 15.2. The van der Waals surface area contributed by atoms with Gasteiger partial charge < -0.3 is 4.42 Å². The van der Waals surface area contributed by atoms with E-state index in [2.05, 4.69) is 170 Å². The Morgan fingerprint density at radius 3 is 1.40 bits per heavy atom. The van der Waals surface area contributed by atoms with Gasteiger partial charge in [-0.25, -0.2) is 19.9 Å². The number of para-hydroxylation sites is 2. The first-order valence-corrected chi connectivity index (χ1v) is 21.1. The van der Waals surface area contributed by atoms with Gasteiger partial charge in [-0.1, -0.05) is 188 Å². The number of aromatic nitrogens is 4. The Hall–Kier alpha value is -8.54. The lowest BCUT2D eigenvalue weighted by Gasteiger charge is -2.16. The summed E-state index contributed by atoms with van der Waals surface area (Å²) in [5.74, 6) is 1.86. The van der Waals surface area contributed by atoms with Crippen LogP contribution in [0.4, 0.5) is 0 Å². The number of nitrogens with zero attached hydrogens (tertiary/aromatic N) is 4. The second-order valence-electron chi connectivity index (χ2n) is 15.8. The van der Waals surface area contributed by atoms with Crippen molar-refractivity contribution in [3.05, 3.63) is 218 Å². The third-order valence-corrected chi connectivity index (χ3v) is 11.9. The van der Waals surface area contributed by atoms with Gasteiger partial charge in [-0.3, -0.25) is 0 Å². The molecule has 12 aromatic rings. The van der Waals surface area contributed by atoms with Crippen molar-refractivity contribution in [2.24, 2.45) is 0 Å². The standard InChI is InChI=1S/C58H36N4O/c1-4-16-37(17-5-1)42-22-14-24-44(34-42)57-60-56(41-20-8-3-9-21-41)61-58(62-57)45-25-15-23-43(35-45)38-30-32-39(33-31-38)52-53-46-26-10-12-28-49(46)59-55(40-18-6-2-7-19-40)48(53)36-51-54(52)47-27-11-13-29-50(47)63-51/h1-36H. The van der Waals surface area contributed by atoms with E-state index >= 15 is 0 Å². The zero-order chi connectivity index (χ0) is 41.7. The number of hydrogen-bond acceptors (Lipinski definition) is 5. The van der Waals surface area contributed by atoms with Gasteiger partial charge in [0, 0.05) is 54.7 Å². The Kier molecular flexibility index (Phi) is 8.75. The predicted octanol–water partition coefficient (Wildman–Crippen LogP) is 15.1. The van der Waals surface area contributed by atoms with Crippen molar-refractivity contribution in [3.63, 3.8) is 0 Å². The van der Waals surface area contributed by atoms with Gasteiger partial charge in [0.1, 0.15) is 11.2 Å². The fraction of sp³-hybridized carbons (Fsp3) is 0. The summed E-state index contributed by atoms with van der Waals surface area (Å²) in [5.41, 5.74) is 14.0. The maximum Gasteiger partial charge on any atom is 0.164 e. The van der Waals surface area contributed by atoms with Gasteiger partial charge in [0.2, 0.25) is 0 Å². The van der Waals surface area contributed by atoms with Gasteiger partial charge in [-0.2, -0.15) is 0 Å². The fourth-order valence-corrected chi connectivity index (χ4v) is 8.91. The first-order valence-electron chi connectivity index (χ1n) is 21.1. The molecular weight excluding hydrogens is 769 g/mol. The molecule has 0 aliphatic carbocycles. The Morgan fingerprint density at radius 2 is 0.746 bits per heavy atom. The van der Waals surface area contributed by atoms with Crippen molar-refractivity contribution in [1.29, 1.82) is 0 Å². The van der Waals surface area contributed by atoms with Crippen LogP contribution in [0.5, 0.6) is 0 Å². The molecule has 0 N–H and O–H groups in total. The molecule has 0 bridgehead atoms. The highest BCUT2D eigenvalue weighted by Crippen LogP contribution is 2.46. The summed E-state index contributed by atoms with van der Waals surface area (Å²) in [4.78, 5) is 20.5. The molecule has 294 valence electrons. The minimum atomic E-state index is 0.613. The van der Waals surface area contributed by atoms with E-state index in [1.165, 1.54) is 0 Å². The summed E-state index contributed by atoms with van der Waals surface area (Å²) in [6.07, 6.45) is 0. The lowest BCUT2D eigenvalue weighted by molar-refractivity contribution is 0.669. The van der Waals surface area contributed by atoms with E-state index in [1.54, 1.807) is 0 Å². The second-order valence-corrected chi connectivity index (χ2v) is 15.8. The molecule has 5 nitrogen and oxygen atoms in total. The van der Waals surface area contributed by atoms with Crippen LogP contribution in [0.2, 0.25) is 0 Å². The van der Waals surface area contributed by atoms with Crippen LogP contribution in [0.15, 0.2) is 223 Å². The van der Waals surface area contributed by atoms with E-state index in [0.717, 1.165) is 105 Å². The van der Waals surface area contributed by atoms with Crippen LogP contribution in [-0.2, 0) is 0 Å². The van der Waals surface area contributed by atoms with E-state index in [4.69, 9.17) is 24.4 Å². The Labute approximate surface area is 363 Å². The molecule has 3 aromatic heterocycles. The van der Waals surface area contributed by atoms with Gasteiger partial charge in [0.05, 0.1) is 11.2 Å². The normalized spacial score (nSPS) is 11.5. The van der Waals surface area contributed by atoms with Gasteiger partial charge in [0.25, 0.3) is 0 Å². The van der Waals surface area contributed by atoms with Crippen LogP contribution in [0, 0.1) is 0 Å². The van der Waals surface area contributed by atoms with Crippen LogP contribution in [0.3, 0.4) is 0 Å². The van der Waals surface area contributed by atoms with Gasteiger partial charge >= 0.3 is 0 Å². The highest BCUT2D eigenvalue weighted by Gasteiger charge is 2.22. The smallest absolute Gasteiger partial charge is 0.164 e. The molecule has 3 heterocycles. The number of pyridine rings is 1. The molecule has 0 aliphatic rings. The van der Waals surface area contributed by atoms with Crippen molar-refractivity contribution in [2.45, 2.75) is 0 Å². The van der Waals surface area contributed by atoms with Crippen LogP contribution < -0.4 is 0 Å². The molecule has 9 aromatic carbocycles. The summed E-state index contributed by atoms with van der Waals surface area (Å²) < 4.78 is 6.63. The van der Waals surface area contributed by atoms with Crippen molar-refractivity contribution >= 4 is 43.6 Å². The monoisotopic (exact) mass is 804 g/mol. The maximum absolute atomic E-state index is 6.63. The molecule has 0 spiro atoms. The van der Waals surface area contributed by atoms with Crippen molar-refractivity contribution in [2.75, 3.05) is 0 Å². The van der Waals surface area contributed by atoms with Crippen LogP contribution >= 0.6 is 0 Å². The average Bonchev–Trinajstić information content (AvgIpc) is 3.74. The molecule has 12 rings (SSSR count). The molecule has 5 heteroatoms. The van der Waals surface area contributed by atoms with Gasteiger partial charge in [0.15, 0.2) is 17.5 Å². The minimum Gasteiger partial charge on any atom is -0.456 e. The predicted molar refractivity (Wildman–Crippen MR) is 258 cm³/mol. The number of rotatable bonds is 7. The zero-order valence-corrected chi connectivity index (χ0v) is 34.0. The average molecular weight is 805 g/mol. The van der Waals surface area contributed by atoms with Crippen LogP contribution in [0.25, 0.3) is 122 Å². The van der Waals surface area contributed by atoms with Crippen LogP contribution in [-0.4, -0.2) is 19.9 Å². The number of furan rings is 1. The third-order valence-electron chi connectivity index (χ3n) is 11.9. The maximum atomic E-state index is 6.63. The lowest BCUT2D eigenvalue weighted by atomic mass is 9.89. The summed E-state index contributed by atoms with van der Waals surface area (Å²) in [6.45, 7) is 0. The lowest BCUT2D eigenvalue weighted by Crippen LogP contribution is -2.00. The Bertz CT molecular complexity index is 3660. The molecule has 0 aliphatic heterocycles. The van der Waals surface area contributed by atoms with E-state index < -0.39 is 0 Å². The van der Waals surface area contributed by atoms with Crippen molar-refractivity contribution in [1.82, 2.24) is 19.9 Å². The first kappa shape index (κ1) is 36.3. The third kappa shape index (κ3) is 6.51.